The Morgan fingerprint density at radius 2 is 1.64 bits per heavy atom. The topological polar surface area (TPSA) is 66.8 Å². The van der Waals surface area contributed by atoms with Crippen molar-refractivity contribution in [3.05, 3.63) is 42.0 Å². The van der Waals surface area contributed by atoms with Crippen LogP contribution in [0.5, 0.6) is 0 Å². The first-order chi connectivity index (χ1) is 10.2. The second-order valence-electron chi connectivity index (χ2n) is 6.02. The number of amides is 1. The van der Waals surface area contributed by atoms with Crippen molar-refractivity contribution in [3.63, 3.8) is 0 Å². The van der Waals surface area contributed by atoms with Crippen molar-refractivity contribution < 1.29 is 19.4 Å². The van der Waals surface area contributed by atoms with Crippen molar-refractivity contribution in [2.45, 2.75) is 26.4 Å². The fourth-order valence-corrected chi connectivity index (χ4v) is 2.19. The number of ether oxygens (including phenoxy) is 1. The minimum atomic E-state index is -0.998. The van der Waals surface area contributed by atoms with E-state index >= 15 is 0 Å². The van der Waals surface area contributed by atoms with Gasteiger partial charge in [-0.05, 0) is 38.3 Å². The molecule has 0 heterocycles. The van der Waals surface area contributed by atoms with Gasteiger partial charge >= 0.3 is 12.1 Å². The van der Waals surface area contributed by atoms with E-state index in [2.05, 4.69) is 0 Å². The minimum absolute atomic E-state index is 0.205. The molecule has 0 spiro atoms. The van der Waals surface area contributed by atoms with Crippen molar-refractivity contribution in [2.24, 2.45) is 0 Å². The van der Waals surface area contributed by atoms with Gasteiger partial charge in [-0.25, -0.2) is 9.59 Å². The van der Waals surface area contributed by atoms with Gasteiger partial charge in [0.1, 0.15) is 5.60 Å². The summed E-state index contributed by atoms with van der Waals surface area (Å²) in [6.45, 7) is 5.39. The molecule has 0 fully saturated rings. The highest BCUT2D eigenvalue weighted by molar-refractivity contribution is 6.10. The van der Waals surface area contributed by atoms with Crippen LogP contribution in [0.2, 0.25) is 0 Å². The van der Waals surface area contributed by atoms with E-state index in [-0.39, 0.29) is 5.56 Å². The molecule has 0 aliphatic heterocycles. The second-order valence-corrected chi connectivity index (χ2v) is 6.02. The molecular weight excluding hydrogens is 282 g/mol. The fourth-order valence-electron chi connectivity index (χ4n) is 2.19. The number of hydrogen-bond acceptors (Lipinski definition) is 3. The zero-order chi connectivity index (χ0) is 16.5. The maximum Gasteiger partial charge on any atom is 0.414 e. The fraction of sp³-hybridized carbons (Fsp3) is 0.294. The summed E-state index contributed by atoms with van der Waals surface area (Å²) in [5, 5.41) is 10.5. The van der Waals surface area contributed by atoms with Crippen LogP contribution in [0.15, 0.2) is 36.4 Å². The van der Waals surface area contributed by atoms with Gasteiger partial charge in [0, 0.05) is 12.4 Å². The highest BCUT2D eigenvalue weighted by atomic mass is 16.6. The van der Waals surface area contributed by atoms with E-state index in [0.29, 0.717) is 16.5 Å². The van der Waals surface area contributed by atoms with Gasteiger partial charge in [0.05, 0.1) is 11.3 Å². The number of carbonyl (C=O) groups excluding carboxylic acids is 1. The van der Waals surface area contributed by atoms with Gasteiger partial charge in [-0.1, -0.05) is 24.3 Å². The maximum atomic E-state index is 12.2. The van der Waals surface area contributed by atoms with Gasteiger partial charge < -0.3 is 9.84 Å². The normalized spacial score (nSPS) is 11.3. The molecule has 1 N–H and O–H groups in total. The third-order valence-electron chi connectivity index (χ3n) is 3.16. The van der Waals surface area contributed by atoms with Crippen LogP contribution in [0.4, 0.5) is 10.5 Å². The summed E-state index contributed by atoms with van der Waals surface area (Å²) in [5.74, 6) is -0.998. The highest BCUT2D eigenvalue weighted by Gasteiger charge is 2.22. The second kappa shape index (κ2) is 5.67. The van der Waals surface area contributed by atoms with Crippen LogP contribution < -0.4 is 4.90 Å². The molecule has 1 amide bonds. The molecule has 0 aliphatic carbocycles. The Labute approximate surface area is 129 Å². The number of aromatic carboxylic acids is 1. The lowest BCUT2D eigenvalue weighted by Gasteiger charge is -2.25. The molecule has 0 saturated heterocycles. The Hall–Kier alpha value is -2.56. The molecule has 5 nitrogen and oxygen atoms in total. The Morgan fingerprint density at radius 3 is 2.18 bits per heavy atom. The summed E-state index contributed by atoms with van der Waals surface area (Å²) in [7, 11) is 1.61. The number of carboxylic acids is 1. The predicted octanol–water partition coefficient (Wildman–Crippen LogP) is 3.91. The van der Waals surface area contributed by atoms with Crippen LogP contribution in [0.1, 0.15) is 31.1 Å². The van der Waals surface area contributed by atoms with Crippen LogP contribution in [0.25, 0.3) is 10.8 Å². The Bertz CT molecular complexity index is 731. The molecule has 0 bridgehead atoms. The summed E-state index contributed by atoms with van der Waals surface area (Å²) in [6.07, 6.45) is -0.485. The number of rotatable bonds is 2. The third-order valence-corrected chi connectivity index (χ3v) is 3.16. The summed E-state index contributed by atoms with van der Waals surface area (Å²) in [5.41, 5.74) is 0.217. The Morgan fingerprint density at radius 1 is 1.05 bits per heavy atom. The van der Waals surface area contributed by atoms with Gasteiger partial charge in [-0.3, -0.25) is 4.90 Å². The first kappa shape index (κ1) is 15.8. The number of carboxylic acid groups (broad SMARTS) is 1. The number of fused-ring (bicyclic) bond motifs is 1. The molecule has 22 heavy (non-hydrogen) atoms. The smallest absolute Gasteiger partial charge is 0.414 e. The van der Waals surface area contributed by atoms with E-state index in [4.69, 9.17) is 4.74 Å². The van der Waals surface area contributed by atoms with E-state index in [0.717, 1.165) is 0 Å². The van der Waals surface area contributed by atoms with Gasteiger partial charge in [0.25, 0.3) is 0 Å². The van der Waals surface area contributed by atoms with Gasteiger partial charge in [-0.2, -0.15) is 0 Å². The van der Waals surface area contributed by atoms with Gasteiger partial charge in [-0.15, -0.1) is 0 Å². The summed E-state index contributed by atoms with van der Waals surface area (Å²) in [4.78, 5) is 24.9. The van der Waals surface area contributed by atoms with E-state index in [1.807, 2.05) is 0 Å². The number of nitrogens with zero attached hydrogens (tertiary/aromatic N) is 1. The maximum absolute atomic E-state index is 12.2. The third kappa shape index (κ3) is 3.19. The number of anilines is 1. The van der Waals surface area contributed by atoms with Gasteiger partial charge in [0.15, 0.2) is 0 Å². The molecule has 0 aliphatic rings. The Balaban J connectivity index is 2.51. The van der Waals surface area contributed by atoms with E-state index in [1.54, 1.807) is 58.2 Å². The number of benzene rings is 2. The number of carbonyl (C=O) groups is 2. The molecule has 0 unspecified atom stereocenters. The summed E-state index contributed by atoms with van der Waals surface area (Å²) >= 11 is 0. The monoisotopic (exact) mass is 301 g/mol. The standard InChI is InChI=1S/C17H19NO4/c1-17(2,3)22-16(21)18(4)14-10-9-13(15(19)20)11-7-5-6-8-12(11)14/h5-10H,1-4H3,(H,19,20). The largest absolute Gasteiger partial charge is 0.478 e. The van der Waals surface area contributed by atoms with Crippen LogP contribution in [-0.2, 0) is 4.74 Å². The first-order valence-corrected chi connectivity index (χ1v) is 6.92. The minimum Gasteiger partial charge on any atom is -0.478 e. The molecule has 5 heteroatoms. The molecule has 0 saturated carbocycles. The van der Waals surface area contributed by atoms with Crippen LogP contribution in [0, 0.1) is 0 Å². The summed E-state index contributed by atoms with van der Waals surface area (Å²) < 4.78 is 5.35. The lowest BCUT2D eigenvalue weighted by Crippen LogP contribution is -2.34. The van der Waals surface area contributed by atoms with Crippen LogP contribution in [-0.4, -0.2) is 29.8 Å². The average Bonchev–Trinajstić information content (AvgIpc) is 2.43. The molecular formula is C17H19NO4. The van der Waals surface area contributed by atoms with Crippen LogP contribution >= 0.6 is 0 Å². The lowest BCUT2D eigenvalue weighted by atomic mass is 10.0. The zero-order valence-electron chi connectivity index (χ0n) is 13.1. The summed E-state index contributed by atoms with van der Waals surface area (Å²) in [6, 6.07) is 10.2. The average molecular weight is 301 g/mol. The van der Waals surface area contributed by atoms with Crippen molar-refractivity contribution in [1.82, 2.24) is 0 Å². The highest BCUT2D eigenvalue weighted by Crippen LogP contribution is 2.29. The van der Waals surface area contributed by atoms with E-state index in [9.17, 15) is 14.7 Å². The van der Waals surface area contributed by atoms with Crippen molar-refractivity contribution in [3.8, 4) is 0 Å². The SMILES string of the molecule is CN(C(=O)OC(C)(C)C)c1ccc(C(=O)O)c2ccccc12. The molecule has 0 radical (unpaired) electrons. The zero-order valence-corrected chi connectivity index (χ0v) is 13.1. The predicted molar refractivity (Wildman–Crippen MR) is 85.5 cm³/mol. The quantitative estimate of drug-likeness (QED) is 0.913. The van der Waals surface area contributed by atoms with E-state index < -0.39 is 17.7 Å². The molecule has 0 atom stereocenters. The van der Waals surface area contributed by atoms with Gasteiger partial charge in [0.2, 0.25) is 0 Å². The van der Waals surface area contributed by atoms with Crippen molar-refractivity contribution in [2.75, 3.05) is 11.9 Å². The van der Waals surface area contributed by atoms with E-state index in [1.165, 1.54) is 11.0 Å². The number of hydrogen-bond donors (Lipinski definition) is 1. The van der Waals surface area contributed by atoms with Crippen LogP contribution in [0.3, 0.4) is 0 Å². The molecule has 2 aromatic carbocycles. The first-order valence-electron chi connectivity index (χ1n) is 6.92. The molecule has 2 rings (SSSR count). The lowest BCUT2D eigenvalue weighted by molar-refractivity contribution is 0.0589. The molecule has 116 valence electrons. The Kier molecular flexibility index (Phi) is 4.08. The van der Waals surface area contributed by atoms with Crippen molar-refractivity contribution in [1.29, 1.82) is 0 Å². The van der Waals surface area contributed by atoms with Crippen molar-refractivity contribution >= 4 is 28.5 Å². The molecule has 2 aromatic rings. The molecule has 0 aromatic heterocycles.